The Hall–Kier alpha value is -7.26. The van der Waals surface area contributed by atoms with Crippen LogP contribution in [0.4, 0.5) is 22.7 Å². The first-order valence-electron chi connectivity index (χ1n) is 23.6. The number of fused-ring (bicyclic) bond motifs is 2. The van der Waals surface area contributed by atoms with Gasteiger partial charge >= 0.3 is 11.9 Å². The van der Waals surface area contributed by atoms with Gasteiger partial charge in [0.05, 0.1) is 41.5 Å². The minimum atomic E-state index is -0.422. The molecule has 0 saturated carbocycles. The lowest BCUT2D eigenvalue weighted by Gasteiger charge is -2.39. The number of unbranched alkanes of at least 4 members (excludes halogenated alkanes) is 3. The minimum Gasteiger partial charge on any atom is -0.494 e. The fraction of sp³-hybridized carbons (Fsp3) is 0.288. The molecule has 0 saturated heterocycles. The molecule has 0 aromatic heterocycles. The first-order chi connectivity index (χ1) is 32.8. The first kappa shape index (κ1) is 48.7. The molecule has 7 rings (SSSR count). The lowest BCUT2D eigenvalue weighted by atomic mass is 9.65. The van der Waals surface area contributed by atoms with Crippen LogP contribution in [-0.4, -0.2) is 25.2 Å². The van der Waals surface area contributed by atoms with Crippen molar-refractivity contribution in [2.45, 2.75) is 91.9 Å². The van der Waals surface area contributed by atoms with Crippen molar-refractivity contribution in [1.29, 1.82) is 0 Å². The molecule has 0 spiro atoms. The number of benzene rings is 7. The average molecular weight is 907 g/mol. The van der Waals surface area contributed by atoms with Gasteiger partial charge in [0.25, 0.3) is 0 Å². The number of nitrogens with zero attached hydrogens (tertiary/aromatic N) is 4. The van der Waals surface area contributed by atoms with Crippen molar-refractivity contribution in [3.05, 3.63) is 180 Å². The van der Waals surface area contributed by atoms with Crippen LogP contribution in [0, 0.1) is 5.41 Å². The molecule has 0 atom stereocenters. The Balaban J connectivity index is 0.901. The molecule has 0 aliphatic heterocycles. The van der Waals surface area contributed by atoms with E-state index in [2.05, 4.69) is 93.9 Å². The number of carbonyl (C=O) groups is 2. The number of carbonyl (C=O) groups excluding carboxylic acids is 2. The van der Waals surface area contributed by atoms with Gasteiger partial charge in [-0.1, -0.05) is 120 Å². The second-order valence-electron chi connectivity index (χ2n) is 18.9. The summed E-state index contributed by atoms with van der Waals surface area (Å²) in [6.07, 6.45) is 6.31. The van der Waals surface area contributed by atoms with Gasteiger partial charge in [0.1, 0.15) is 11.5 Å². The standard InChI is InChI=1S/C59H62N4O5/c1-41(2)56(64)67-40-15-9-8-14-39-66-47-34-25-44(26-35-47)57(65)68-48-32-23-42(24-33-48)17-16-18-43-27-36-53(50-20-11-10-19-49(43)50)62-63-55-38-37-54(51-21-12-13-22-52(51)55)61-60-46-30-28-45(29-31-46)59(6,7)58(3,4)5/h10-13,19-38H,1,8-9,14-18,39-40H2,2-7H3. The molecule has 0 aliphatic carbocycles. The Bertz CT molecular complexity index is 2910. The molecule has 348 valence electrons. The fourth-order valence-electron chi connectivity index (χ4n) is 7.79. The molecular weight excluding hydrogens is 845 g/mol. The molecule has 68 heavy (non-hydrogen) atoms. The van der Waals surface area contributed by atoms with E-state index in [1.54, 1.807) is 31.2 Å². The van der Waals surface area contributed by atoms with E-state index >= 15 is 0 Å². The molecular formula is C59H62N4O5. The maximum atomic E-state index is 12.9. The van der Waals surface area contributed by atoms with E-state index in [0.29, 0.717) is 35.8 Å². The molecule has 0 heterocycles. The summed E-state index contributed by atoms with van der Waals surface area (Å²) in [5, 5.41) is 23.0. The zero-order chi connectivity index (χ0) is 48.1. The molecule has 0 fully saturated rings. The summed E-state index contributed by atoms with van der Waals surface area (Å²) >= 11 is 0. The van der Waals surface area contributed by atoms with Crippen LogP contribution in [0.25, 0.3) is 21.5 Å². The zero-order valence-corrected chi connectivity index (χ0v) is 40.3. The third-order valence-electron chi connectivity index (χ3n) is 12.9. The Kier molecular flexibility index (Phi) is 16.1. The summed E-state index contributed by atoms with van der Waals surface area (Å²) in [7, 11) is 0. The van der Waals surface area contributed by atoms with Gasteiger partial charge in [-0.05, 0) is 152 Å². The summed E-state index contributed by atoms with van der Waals surface area (Å²) in [6, 6.07) is 47.7. The van der Waals surface area contributed by atoms with Gasteiger partial charge in [-0.2, -0.15) is 5.11 Å². The van der Waals surface area contributed by atoms with Crippen LogP contribution in [-0.2, 0) is 27.8 Å². The van der Waals surface area contributed by atoms with E-state index in [1.165, 1.54) is 16.7 Å². The highest BCUT2D eigenvalue weighted by Gasteiger charge is 2.34. The van der Waals surface area contributed by atoms with Crippen molar-refractivity contribution in [2.24, 2.45) is 25.9 Å². The number of hydrogen-bond acceptors (Lipinski definition) is 9. The monoisotopic (exact) mass is 906 g/mol. The molecule has 0 bridgehead atoms. The number of aryl methyl sites for hydroxylation is 2. The predicted octanol–water partition coefficient (Wildman–Crippen LogP) is 16.6. The molecule has 0 unspecified atom stereocenters. The second-order valence-corrected chi connectivity index (χ2v) is 18.9. The Labute approximate surface area is 401 Å². The molecule has 0 aliphatic rings. The van der Waals surface area contributed by atoms with Crippen molar-refractivity contribution in [3.8, 4) is 11.5 Å². The van der Waals surface area contributed by atoms with Gasteiger partial charge < -0.3 is 14.2 Å². The van der Waals surface area contributed by atoms with Crippen LogP contribution in [0.15, 0.2) is 178 Å². The van der Waals surface area contributed by atoms with Crippen LogP contribution in [0.5, 0.6) is 11.5 Å². The molecule has 0 radical (unpaired) electrons. The normalized spacial score (nSPS) is 12.0. The van der Waals surface area contributed by atoms with Crippen LogP contribution in [0.2, 0.25) is 0 Å². The number of rotatable bonds is 20. The minimum absolute atomic E-state index is 0.0147. The summed E-state index contributed by atoms with van der Waals surface area (Å²) in [5.41, 5.74) is 7.85. The summed E-state index contributed by atoms with van der Waals surface area (Å²) in [4.78, 5) is 24.3. The zero-order valence-electron chi connectivity index (χ0n) is 40.3. The third-order valence-corrected chi connectivity index (χ3v) is 12.9. The summed E-state index contributed by atoms with van der Waals surface area (Å²) < 4.78 is 16.6. The van der Waals surface area contributed by atoms with Crippen LogP contribution in [0.1, 0.15) is 101 Å². The molecule has 9 heteroatoms. The lowest BCUT2D eigenvalue weighted by molar-refractivity contribution is -0.139. The average Bonchev–Trinajstić information content (AvgIpc) is 3.34. The molecule has 0 N–H and O–H groups in total. The SMILES string of the molecule is C=C(C)C(=O)OCCCCCCOc1ccc(C(=O)Oc2ccc(CCCc3ccc(N=Nc4ccc(N=Nc5ccc(C(C)(C)C(C)(C)C)cc5)c5ccccc45)c4ccccc34)cc2)cc1. The van der Waals surface area contributed by atoms with Crippen LogP contribution >= 0.6 is 0 Å². The van der Waals surface area contributed by atoms with Crippen LogP contribution in [0.3, 0.4) is 0 Å². The highest BCUT2D eigenvalue weighted by Crippen LogP contribution is 2.42. The van der Waals surface area contributed by atoms with Crippen molar-refractivity contribution in [2.75, 3.05) is 13.2 Å². The third kappa shape index (κ3) is 12.6. The highest BCUT2D eigenvalue weighted by atomic mass is 16.5. The van der Waals surface area contributed by atoms with E-state index in [9.17, 15) is 9.59 Å². The van der Waals surface area contributed by atoms with Gasteiger partial charge in [0.2, 0.25) is 0 Å². The van der Waals surface area contributed by atoms with Gasteiger partial charge in [-0.15, -0.1) is 15.3 Å². The van der Waals surface area contributed by atoms with Gasteiger partial charge in [-0.25, -0.2) is 9.59 Å². The van der Waals surface area contributed by atoms with Crippen molar-refractivity contribution >= 4 is 56.2 Å². The van der Waals surface area contributed by atoms with Crippen LogP contribution < -0.4 is 9.47 Å². The number of hydrogen-bond donors (Lipinski definition) is 0. The van der Waals surface area contributed by atoms with E-state index in [1.807, 2.05) is 78.9 Å². The topological polar surface area (TPSA) is 111 Å². The Morgan fingerprint density at radius 1 is 0.529 bits per heavy atom. The molecule has 7 aromatic rings. The highest BCUT2D eigenvalue weighted by molar-refractivity contribution is 6.00. The van der Waals surface area contributed by atoms with E-state index in [0.717, 1.165) is 89.2 Å². The predicted molar refractivity (Wildman–Crippen MR) is 275 cm³/mol. The summed E-state index contributed by atoms with van der Waals surface area (Å²) in [5.74, 6) is 0.425. The number of ether oxygens (including phenoxy) is 3. The maximum absolute atomic E-state index is 12.9. The summed E-state index contributed by atoms with van der Waals surface area (Å²) in [6.45, 7) is 17.6. The fourth-order valence-corrected chi connectivity index (χ4v) is 7.79. The van der Waals surface area contributed by atoms with E-state index in [4.69, 9.17) is 24.4 Å². The number of azo groups is 2. The van der Waals surface area contributed by atoms with Crippen molar-refractivity contribution in [3.63, 3.8) is 0 Å². The Morgan fingerprint density at radius 2 is 1.06 bits per heavy atom. The molecule has 7 aromatic carbocycles. The van der Waals surface area contributed by atoms with Crippen molar-refractivity contribution in [1.82, 2.24) is 0 Å². The maximum Gasteiger partial charge on any atom is 0.343 e. The number of esters is 2. The van der Waals surface area contributed by atoms with Crippen molar-refractivity contribution < 1.29 is 23.8 Å². The smallest absolute Gasteiger partial charge is 0.343 e. The van der Waals surface area contributed by atoms with E-state index < -0.39 is 5.97 Å². The lowest BCUT2D eigenvalue weighted by Crippen LogP contribution is -2.33. The quantitative estimate of drug-likeness (QED) is 0.0249. The molecule has 0 amide bonds. The first-order valence-corrected chi connectivity index (χ1v) is 23.6. The largest absolute Gasteiger partial charge is 0.494 e. The van der Waals surface area contributed by atoms with Gasteiger partial charge in [0, 0.05) is 21.7 Å². The Morgan fingerprint density at radius 3 is 1.65 bits per heavy atom. The van der Waals surface area contributed by atoms with E-state index in [-0.39, 0.29) is 16.8 Å². The van der Waals surface area contributed by atoms with Gasteiger partial charge in [-0.3, -0.25) is 0 Å². The second kappa shape index (κ2) is 22.5. The van der Waals surface area contributed by atoms with Gasteiger partial charge in [0.15, 0.2) is 0 Å². The molecule has 9 nitrogen and oxygen atoms in total.